The van der Waals surface area contributed by atoms with Gasteiger partial charge in [-0.3, -0.25) is 9.20 Å². The number of carbonyl (C=O) groups is 1. The fourth-order valence-corrected chi connectivity index (χ4v) is 1.78. The van der Waals surface area contributed by atoms with E-state index < -0.39 is 11.7 Å². The highest BCUT2D eigenvalue weighted by atomic mass is 19.4. The summed E-state index contributed by atoms with van der Waals surface area (Å²) in [5.74, 6) is -0.127. The molecule has 6 nitrogen and oxygen atoms in total. The van der Waals surface area contributed by atoms with E-state index in [2.05, 4.69) is 15.2 Å². The van der Waals surface area contributed by atoms with Crippen LogP contribution in [0.15, 0.2) is 29.3 Å². The summed E-state index contributed by atoms with van der Waals surface area (Å²) in [7, 11) is 0. The van der Waals surface area contributed by atoms with Gasteiger partial charge in [-0.15, -0.1) is 10.2 Å². The van der Waals surface area contributed by atoms with Crippen LogP contribution in [-0.4, -0.2) is 25.9 Å². The van der Waals surface area contributed by atoms with E-state index >= 15 is 0 Å². The van der Waals surface area contributed by atoms with Gasteiger partial charge in [0, 0.05) is 6.20 Å². The standard InChI is InChI=1S/C11H5F3N4O2/c12-11(13,14)6-1-7(8-2-15-5-20-8)10-17-16-9(4-19)18(10)3-6/h1-5H. The molecular weight excluding hydrogens is 277 g/mol. The maximum atomic E-state index is 12.9. The second-order valence-electron chi connectivity index (χ2n) is 3.88. The van der Waals surface area contributed by atoms with Crippen LogP contribution in [0, 0.1) is 0 Å². The van der Waals surface area contributed by atoms with E-state index in [1.54, 1.807) is 0 Å². The molecule has 0 unspecified atom stereocenters. The van der Waals surface area contributed by atoms with Crippen molar-refractivity contribution >= 4 is 11.9 Å². The molecule has 102 valence electrons. The summed E-state index contributed by atoms with van der Waals surface area (Å²) < 4.78 is 44.6. The Morgan fingerprint density at radius 2 is 2.10 bits per heavy atom. The van der Waals surface area contributed by atoms with E-state index in [9.17, 15) is 18.0 Å². The average Bonchev–Trinajstić information content (AvgIpc) is 3.05. The van der Waals surface area contributed by atoms with Crippen molar-refractivity contribution in [1.82, 2.24) is 19.6 Å². The first kappa shape index (κ1) is 12.3. The Balaban J connectivity index is 2.38. The predicted molar refractivity (Wildman–Crippen MR) is 58.9 cm³/mol. The lowest BCUT2D eigenvalue weighted by atomic mass is 10.1. The molecule has 0 saturated heterocycles. The Morgan fingerprint density at radius 1 is 1.30 bits per heavy atom. The van der Waals surface area contributed by atoms with Crippen LogP contribution in [0.5, 0.6) is 0 Å². The van der Waals surface area contributed by atoms with Crippen molar-refractivity contribution in [1.29, 1.82) is 0 Å². The Bertz CT molecular complexity index is 777. The molecular formula is C11H5F3N4O2. The number of carbonyl (C=O) groups excluding carboxylic acids is 1. The van der Waals surface area contributed by atoms with Gasteiger partial charge in [0.1, 0.15) is 0 Å². The lowest BCUT2D eigenvalue weighted by Gasteiger charge is -2.09. The summed E-state index contributed by atoms with van der Waals surface area (Å²) in [5, 5.41) is 7.22. The van der Waals surface area contributed by atoms with Crippen LogP contribution in [0.3, 0.4) is 0 Å². The predicted octanol–water partition coefficient (Wildman–Crippen LogP) is 2.22. The molecule has 3 aromatic heterocycles. The number of fused-ring (bicyclic) bond motifs is 1. The highest BCUT2D eigenvalue weighted by Gasteiger charge is 2.33. The molecule has 0 aliphatic heterocycles. The smallest absolute Gasteiger partial charge is 0.417 e. The lowest BCUT2D eigenvalue weighted by molar-refractivity contribution is -0.137. The number of rotatable bonds is 2. The summed E-state index contributed by atoms with van der Waals surface area (Å²) in [6.45, 7) is 0. The third-order valence-corrected chi connectivity index (χ3v) is 2.66. The van der Waals surface area contributed by atoms with Crippen LogP contribution in [0.25, 0.3) is 17.0 Å². The number of alkyl halides is 3. The zero-order chi connectivity index (χ0) is 14.3. The highest BCUT2D eigenvalue weighted by Crippen LogP contribution is 2.34. The quantitative estimate of drug-likeness (QED) is 0.674. The van der Waals surface area contributed by atoms with Crippen molar-refractivity contribution in [2.45, 2.75) is 6.18 Å². The van der Waals surface area contributed by atoms with E-state index in [4.69, 9.17) is 4.42 Å². The molecule has 0 bridgehead atoms. The van der Waals surface area contributed by atoms with Crippen molar-refractivity contribution in [3.05, 3.63) is 36.2 Å². The highest BCUT2D eigenvalue weighted by molar-refractivity contribution is 5.78. The van der Waals surface area contributed by atoms with Crippen molar-refractivity contribution < 1.29 is 22.4 Å². The van der Waals surface area contributed by atoms with Crippen molar-refractivity contribution in [3.63, 3.8) is 0 Å². The van der Waals surface area contributed by atoms with E-state index in [0.29, 0.717) is 6.29 Å². The first-order chi connectivity index (χ1) is 9.50. The summed E-state index contributed by atoms with van der Waals surface area (Å²) >= 11 is 0. The molecule has 0 N–H and O–H groups in total. The zero-order valence-electron chi connectivity index (χ0n) is 9.63. The van der Waals surface area contributed by atoms with E-state index in [1.165, 1.54) is 6.20 Å². The second-order valence-corrected chi connectivity index (χ2v) is 3.88. The second kappa shape index (κ2) is 4.15. The first-order valence-corrected chi connectivity index (χ1v) is 5.30. The minimum atomic E-state index is -4.58. The Hall–Kier alpha value is -2.71. The summed E-state index contributed by atoms with van der Waals surface area (Å²) in [5.41, 5.74) is -0.811. The number of halogens is 3. The molecule has 3 aromatic rings. The van der Waals surface area contributed by atoms with Crippen molar-refractivity contribution in [3.8, 4) is 11.3 Å². The summed E-state index contributed by atoms with van der Waals surface area (Å²) in [6.07, 6.45) is -1.15. The van der Waals surface area contributed by atoms with Crippen molar-refractivity contribution in [2.75, 3.05) is 0 Å². The van der Waals surface area contributed by atoms with Gasteiger partial charge in [0.25, 0.3) is 0 Å². The van der Waals surface area contributed by atoms with Crippen LogP contribution in [0.2, 0.25) is 0 Å². The van der Waals surface area contributed by atoms with Gasteiger partial charge in [0.2, 0.25) is 5.82 Å². The minimum absolute atomic E-state index is 0.0536. The molecule has 0 saturated carbocycles. The normalized spacial score (nSPS) is 11.9. The third-order valence-electron chi connectivity index (χ3n) is 2.66. The zero-order valence-corrected chi connectivity index (χ0v) is 9.63. The van der Waals surface area contributed by atoms with Crippen LogP contribution in [-0.2, 0) is 6.18 Å². The van der Waals surface area contributed by atoms with Gasteiger partial charge in [0.05, 0.1) is 17.3 Å². The molecule has 0 radical (unpaired) electrons. The molecule has 0 aliphatic carbocycles. The van der Waals surface area contributed by atoms with Crippen LogP contribution >= 0.6 is 0 Å². The number of nitrogens with zero attached hydrogens (tertiary/aromatic N) is 4. The summed E-state index contributed by atoms with van der Waals surface area (Å²) in [4.78, 5) is 14.4. The Kier molecular flexibility index (Phi) is 2.56. The van der Waals surface area contributed by atoms with Gasteiger partial charge in [-0.25, -0.2) is 4.98 Å². The first-order valence-electron chi connectivity index (χ1n) is 5.30. The molecule has 0 spiro atoms. The fraction of sp³-hybridized carbons (Fsp3) is 0.0909. The number of hydrogen-bond donors (Lipinski definition) is 0. The van der Waals surface area contributed by atoms with Crippen LogP contribution < -0.4 is 0 Å². The van der Waals surface area contributed by atoms with Gasteiger partial charge in [-0.1, -0.05) is 0 Å². The van der Waals surface area contributed by atoms with Crippen molar-refractivity contribution in [2.24, 2.45) is 0 Å². The van der Waals surface area contributed by atoms with E-state index in [-0.39, 0.29) is 22.8 Å². The Labute approximate surface area is 108 Å². The fourth-order valence-electron chi connectivity index (χ4n) is 1.78. The summed E-state index contributed by atoms with van der Waals surface area (Å²) in [6, 6.07) is 0.874. The van der Waals surface area contributed by atoms with Gasteiger partial charge < -0.3 is 4.42 Å². The molecule has 20 heavy (non-hydrogen) atoms. The van der Waals surface area contributed by atoms with Crippen LogP contribution in [0.1, 0.15) is 16.2 Å². The van der Waals surface area contributed by atoms with Gasteiger partial charge in [-0.05, 0) is 6.07 Å². The topological polar surface area (TPSA) is 73.3 Å². The number of aromatic nitrogens is 4. The molecule has 0 amide bonds. The monoisotopic (exact) mass is 282 g/mol. The molecule has 0 fully saturated rings. The molecule has 0 aromatic carbocycles. The molecule has 9 heteroatoms. The van der Waals surface area contributed by atoms with E-state index in [1.807, 2.05) is 0 Å². The molecule has 0 atom stereocenters. The van der Waals surface area contributed by atoms with Gasteiger partial charge >= 0.3 is 6.18 Å². The SMILES string of the molecule is O=Cc1nnc2c(-c3cnco3)cc(C(F)(F)F)cn12. The minimum Gasteiger partial charge on any atom is -0.443 e. The van der Waals surface area contributed by atoms with Crippen LogP contribution in [0.4, 0.5) is 13.2 Å². The van der Waals surface area contributed by atoms with E-state index in [0.717, 1.165) is 23.1 Å². The maximum absolute atomic E-state index is 12.9. The molecule has 3 heterocycles. The Morgan fingerprint density at radius 3 is 2.70 bits per heavy atom. The maximum Gasteiger partial charge on any atom is 0.417 e. The van der Waals surface area contributed by atoms with Gasteiger partial charge in [0.15, 0.2) is 24.1 Å². The lowest BCUT2D eigenvalue weighted by Crippen LogP contribution is -2.08. The third kappa shape index (κ3) is 1.83. The molecule has 0 aliphatic rings. The van der Waals surface area contributed by atoms with Gasteiger partial charge in [-0.2, -0.15) is 13.2 Å². The molecule has 3 rings (SSSR count). The largest absolute Gasteiger partial charge is 0.443 e. The number of aldehydes is 1. The number of hydrogen-bond acceptors (Lipinski definition) is 5. The number of pyridine rings is 1. The average molecular weight is 282 g/mol. The number of oxazole rings is 1.